The van der Waals surface area contributed by atoms with Crippen molar-refractivity contribution in [2.24, 2.45) is 0 Å². The molecule has 0 aliphatic heterocycles. The van der Waals surface area contributed by atoms with Crippen LogP contribution in [0.5, 0.6) is 0 Å². The molecule has 0 bridgehead atoms. The third-order valence-corrected chi connectivity index (χ3v) is 8.05. The first-order chi connectivity index (χ1) is 18.3. The number of nitrogens with zero attached hydrogens (tertiary/aromatic N) is 2. The Morgan fingerprint density at radius 2 is 1.05 bits per heavy atom. The van der Waals surface area contributed by atoms with Gasteiger partial charge < -0.3 is 0 Å². The molecule has 0 fully saturated rings. The monoisotopic (exact) mass is 509 g/mol. The van der Waals surface area contributed by atoms with Crippen molar-refractivity contribution >= 4 is 0 Å². The molecule has 2 rings (SSSR count). The van der Waals surface area contributed by atoms with E-state index in [1.165, 1.54) is 153 Å². The first kappa shape index (κ1) is 31.6. The molecular formula is C35H61N2+. The molecule has 0 N–H and O–H groups in total. The molecule has 0 radical (unpaired) electrons. The van der Waals surface area contributed by atoms with E-state index in [9.17, 15) is 0 Å². The first-order valence-electron chi connectivity index (χ1n) is 16.5. The molecule has 2 heteroatoms. The number of hydrogen-bond acceptors (Lipinski definition) is 0. The minimum Gasteiger partial charge on any atom is -0.234 e. The molecule has 0 atom stereocenters. The zero-order valence-electron chi connectivity index (χ0n) is 24.9. The Hall–Kier alpha value is -1.57. The lowest BCUT2D eigenvalue weighted by molar-refractivity contribution is -0.704. The van der Waals surface area contributed by atoms with E-state index in [0.717, 1.165) is 6.54 Å². The van der Waals surface area contributed by atoms with Crippen LogP contribution < -0.4 is 4.57 Å². The second-order valence-corrected chi connectivity index (χ2v) is 11.5. The zero-order valence-corrected chi connectivity index (χ0v) is 24.9. The predicted molar refractivity (Wildman–Crippen MR) is 162 cm³/mol. The summed E-state index contributed by atoms with van der Waals surface area (Å²) in [4.78, 5) is 0. The van der Waals surface area contributed by atoms with Gasteiger partial charge in [0.15, 0.2) is 0 Å². The Labute approximate surface area is 231 Å². The van der Waals surface area contributed by atoms with Crippen LogP contribution >= 0.6 is 0 Å². The highest BCUT2D eigenvalue weighted by molar-refractivity contribution is 5.14. The molecule has 0 unspecified atom stereocenters. The van der Waals surface area contributed by atoms with Crippen molar-refractivity contribution in [1.29, 1.82) is 0 Å². The lowest BCUT2D eigenvalue weighted by Gasteiger charge is -2.07. The van der Waals surface area contributed by atoms with Crippen LogP contribution in [0.3, 0.4) is 0 Å². The first-order valence-corrected chi connectivity index (χ1v) is 16.5. The number of benzene rings is 1. The summed E-state index contributed by atoms with van der Waals surface area (Å²) in [6.07, 6.45) is 35.2. The third-order valence-electron chi connectivity index (χ3n) is 8.05. The third kappa shape index (κ3) is 15.4. The smallest absolute Gasteiger partial charge is 0.234 e. The highest BCUT2D eigenvalue weighted by Crippen LogP contribution is 2.14. The van der Waals surface area contributed by atoms with E-state index in [1.807, 2.05) is 0 Å². The van der Waals surface area contributed by atoms with E-state index in [1.54, 1.807) is 5.82 Å². The summed E-state index contributed by atoms with van der Waals surface area (Å²) >= 11 is 0. The Bertz CT molecular complexity index is 748. The zero-order chi connectivity index (χ0) is 26.2. The lowest BCUT2D eigenvalue weighted by atomic mass is 10.1. The minimum atomic E-state index is 1.15. The van der Waals surface area contributed by atoms with Crippen LogP contribution in [0.4, 0.5) is 0 Å². The van der Waals surface area contributed by atoms with Crippen molar-refractivity contribution in [2.45, 2.75) is 168 Å². The van der Waals surface area contributed by atoms with Gasteiger partial charge in [-0.05, 0) is 37.7 Å². The highest BCUT2D eigenvalue weighted by atomic mass is 15.1. The molecule has 1 heterocycles. The fourth-order valence-corrected chi connectivity index (χ4v) is 5.65. The number of rotatable bonds is 25. The molecule has 2 nitrogen and oxygen atoms in total. The Kier molecular flexibility index (Phi) is 19.2. The normalized spacial score (nSPS) is 11.4. The maximum Gasteiger partial charge on any atom is 0.256 e. The van der Waals surface area contributed by atoms with Gasteiger partial charge in [-0.1, -0.05) is 147 Å². The second-order valence-electron chi connectivity index (χ2n) is 11.5. The fraction of sp³-hybridized carbons (Fsp3) is 0.743. The molecule has 210 valence electrons. The van der Waals surface area contributed by atoms with E-state index >= 15 is 0 Å². The molecule has 0 aliphatic rings. The second kappa shape index (κ2) is 22.4. The topological polar surface area (TPSA) is 8.81 Å². The van der Waals surface area contributed by atoms with Gasteiger partial charge in [-0.15, -0.1) is 0 Å². The average Bonchev–Trinajstić information content (AvgIpc) is 3.30. The van der Waals surface area contributed by atoms with Crippen molar-refractivity contribution in [2.75, 3.05) is 0 Å². The summed E-state index contributed by atoms with van der Waals surface area (Å²) < 4.78 is 5.17. The number of aromatic nitrogens is 2. The van der Waals surface area contributed by atoms with Crippen molar-refractivity contribution in [3.63, 3.8) is 0 Å². The number of imidazole rings is 1. The lowest BCUT2D eigenvalue weighted by Crippen LogP contribution is -2.37. The van der Waals surface area contributed by atoms with Gasteiger partial charge in [-0.3, -0.25) is 0 Å². The standard InChI is InChI=1S/C35H61N2/c1-3-5-7-9-11-13-14-15-16-18-23-29-35-36(30-24-19-17-12-10-8-6-4-2)32-33-37(35)31-25-28-34-26-21-20-22-27-34/h20-22,26-27,32-33H,3-19,23-25,28-31H2,1-2H3/q+1. The van der Waals surface area contributed by atoms with Gasteiger partial charge in [-0.25, -0.2) is 9.13 Å². The number of hydrogen-bond donors (Lipinski definition) is 0. The number of unbranched alkanes of at least 4 members (excludes halogenated alkanes) is 17. The molecule has 1 aromatic heterocycles. The van der Waals surface area contributed by atoms with Crippen LogP contribution in [0.25, 0.3) is 0 Å². The van der Waals surface area contributed by atoms with Gasteiger partial charge in [0.2, 0.25) is 0 Å². The van der Waals surface area contributed by atoms with Crippen molar-refractivity contribution < 1.29 is 4.57 Å². The molecule has 0 saturated carbocycles. The molecule has 2 aromatic rings. The predicted octanol–water partition coefficient (Wildman–Crippen LogP) is 10.4. The quantitative estimate of drug-likeness (QED) is 0.0929. The van der Waals surface area contributed by atoms with Gasteiger partial charge in [0, 0.05) is 6.42 Å². The molecule has 37 heavy (non-hydrogen) atoms. The Morgan fingerprint density at radius 1 is 0.541 bits per heavy atom. The van der Waals surface area contributed by atoms with Crippen LogP contribution in [0.1, 0.15) is 154 Å². The Morgan fingerprint density at radius 3 is 1.62 bits per heavy atom. The van der Waals surface area contributed by atoms with Crippen LogP contribution in [0, 0.1) is 0 Å². The van der Waals surface area contributed by atoms with Crippen LogP contribution in [0.15, 0.2) is 42.7 Å². The van der Waals surface area contributed by atoms with E-state index < -0.39 is 0 Å². The fourth-order valence-electron chi connectivity index (χ4n) is 5.65. The molecule has 1 aromatic carbocycles. The Balaban J connectivity index is 1.71. The van der Waals surface area contributed by atoms with Crippen LogP contribution in [-0.4, -0.2) is 4.57 Å². The maximum atomic E-state index is 2.59. The maximum absolute atomic E-state index is 2.59. The summed E-state index contributed by atoms with van der Waals surface area (Å²) in [6, 6.07) is 11.0. The van der Waals surface area contributed by atoms with E-state index in [2.05, 4.69) is 65.7 Å². The van der Waals surface area contributed by atoms with E-state index in [4.69, 9.17) is 0 Å². The van der Waals surface area contributed by atoms with Crippen molar-refractivity contribution in [3.8, 4) is 0 Å². The molecule has 0 amide bonds. The molecule has 0 saturated heterocycles. The van der Waals surface area contributed by atoms with E-state index in [0.29, 0.717) is 0 Å². The van der Waals surface area contributed by atoms with Gasteiger partial charge in [0.05, 0.1) is 13.1 Å². The average molecular weight is 510 g/mol. The van der Waals surface area contributed by atoms with Gasteiger partial charge in [0.25, 0.3) is 5.82 Å². The summed E-state index contributed by atoms with van der Waals surface area (Å²) in [5.74, 6) is 1.58. The summed E-state index contributed by atoms with van der Waals surface area (Å²) in [6.45, 7) is 6.96. The number of aryl methyl sites for hydroxylation is 3. The van der Waals surface area contributed by atoms with Gasteiger partial charge in [0.1, 0.15) is 12.4 Å². The summed E-state index contributed by atoms with van der Waals surface area (Å²) in [5, 5.41) is 0. The largest absolute Gasteiger partial charge is 0.256 e. The summed E-state index contributed by atoms with van der Waals surface area (Å²) in [7, 11) is 0. The van der Waals surface area contributed by atoms with Crippen LogP contribution in [-0.2, 0) is 25.9 Å². The molecular weight excluding hydrogens is 448 g/mol. The van der Waals surface area contributed by atoms with Gasteiger partial charge >= 0.3 is 0 Å². The molecule has 0 aliphatic carbocycles. The van der Waals surface area contributed by atoms with Crippen molar-refractivity contribution in [3.05, 3.63) is 54.1 Å². The highest BCUT2D eigenvalue weighted by Gasteiger charge is 2.16. The van der Waals surface area contributed by atoms with Crippen molar-refractivity contribution in [1.82, 2.24) is 4.57 Å². The summed E-state index contributed by atoms with van der Waals surface area (Å²) in [5.41, 5.74) is 1.47. The SMILES string of the molecule is CCCCCCCCCCCCCc1n(CCCCCCCCCC)cc[n+]1CCCc1ccccc1. The molecule has 0 spiro atoms. The van der Waals surface area contributed by atoms with Crippen LogP contribution in [0.2, 0.25) is 0 Å². The minimum absolute atomic E-state index is 1.15. The van der Waals surface area contributed by atoms with Gasteiger partial charge in [-0.2, -0.15) is 0 Å². The van der Waals surface area contributed by atoms with E-state index in [-0.39, 0.29) is 0 Å².